The zero-order chi connectivity index (χ0) is 15.4. The van der Waals surface area contributed by atoms with Gasteiger partial charge in [-0.3, -0.25) is 0 Å². The lowest BCUT2D eigenvalue weighted by Gasteiger charge is -2.34. The van der Waals surface area contributed by atoms with E-state index < -0.39 is 0 Å². The standard InChI is InChI=1S/C20H38/c1-7-12-14-15-18(10-4)19(16-13-8-2)20(6,11-5)17-9-3/h10H,4,7-9,11-17H2,1-3,5-6H3. The molecule has 0 amide bonds. The maximum atomic E-state index is 4.12. The van der Waals surface area contributed by atoms with E-state index in [0.29, 0.717) is 5.41 Å². The number of hydrogen-bond donors (Lipinski definition) is 0. The molecule has 0 spiro atoms. The van der Waals surface area contributed by atoms with E-state index >= 15 is 0 Å². The van der Waals surface area contributed by atoms with E-state index in [-0.39, 0.29) is 0 Å². The van der Waals surface area contributed by atoms with Crippen LogP contribution < -0.4 is 0 Å². The fraction of sp³-hybridized carbons (Fsp3) is 0.800. The molecule has 0 radical (unpaired) electrons. The Morgan fingerprint density at radius 3 is 2.00 bits per heavy atom. The van der Waals surface area contributed by atoms with Crippen LogP contribution in [0.5, 0.6) is 0 Å². The Balaban J connectivity index is 5.26. The monoisotopic (exact) mass is 278 g/mol. The molecule has 0 heteroatoms. The first-order valence-electron chi connectivity index (χ1n) is 8.94. The van der Waals surface area contributed by atoms with Crippen molar-refractivity contribution in [1.29, 1.82) is 0 Å². The summed E-state index contributed by atoms with van der Waals surface area (Å²) in [6.07, 6.45) is 15.1. The SMILES string of the molecule is C=CC(CCCCC)=C(CCCC)C(C)(CC)CCC. The van der Waals surface area contributed by atoms with E-state index in [1.54, 1.807) is 11.1 Å². The Morgan fingerprint density at radius 1 is 0.900 bits per heavy atom. The van der Waals surface area contributed by atoms with Gasteiger partial charge in [0.25, 0.3) is 0 Å². The van der Waals surface area contributed by atoms with Gasteiger partial charge in [0.1, 0.15) is 0 Å². The van der Waals surface area contributed by atoms with Crippen molar-refractivity contribution in [1.82, 2.24) is 0 Å². The molecule has 0 aliphatic carbocycles. The number of allylic oxidation sites excluding steroid dienone is 3. The minimum absolute atomic E-state index is 0.389. The summed E-state index contributed by atoms with van der Waals surface area (Å²) in [6.45, 7) is 15.8. The molecule has 0 saturated heterocycles. The molecule has 1 unspecified atom stereocenters. The third-order valence-corrected chi connectivity index (χ3v) is 4.77. The average molecular weight is 279 g/mol. The minimum Gasteiger partial charge on any atom is -0.0988 e. The molecule has 1 atom stereocenters. The van der Waals surface area contributed by atoms with Crippen molar-refractivity contribution in [3.8, 4) is 0 Å². The first-order chi connectivity index (χ1) is 9.59. The molecule has 118 valence electrons. The number of rotatable bonds is 12. The molecule has 0 rings (SSSR count). The Labute approximate surface area is 128 Å². The van der Waals surface area contributed by atoms with E-state index in [1.807, 2.05) is 0 Å². The quantitative estimate of drug-likeness (QED) is 0.257. The highest BCUT2D eigenvalue weighted by molar-refractivity contribution is 5.29. The van der Waals surface area contributed by atoms with E-state index in [9.17, 15) is 0 Å². The van der Waals surface area contributed by atoms with Crippen molar-refractivity contribution in [2.75, 3.05) is 0 Å². The highest BCUT2D eigenvalue weighted by atomic mass is 14.3. The van der Waals surface area contributed by atoms with E-state index in [1.165, 1.54) is 64.2 Å². The van der Waals surface area contributed by atoms with Gasteiger partial charge < -0.3 is 0 Å². The second-order valence-electron chi connectivity index (χ2n) is 6.43. The van der Waals surface area contributed by atoms with Crippen LogP contribution in [0, 0.1) is 5.41 Å². The van der Waals surface area contributed by atoms with Gasteiger partial charge >= 0.3 is 0 Å². The first kappa shape index (κ1) is 19.5. The Hall–Kier alpha value is -0.520. The zero-order valence-corrected chi connectivity index (χ0v) is 14.9. The van der Waals surface area contributed by atoms with E-state index in [4.69, 9.17) is 0 Å². The molecule has 0 N–H and O–H groups in total. The smallest absolute Gasteiger partial charge is 0.0113 e. The lowest BCUT2D eigenvalue weighted by Crippen LogP contribution is -2.20. The second-order valence-corrected chi connectivity index (χ2v) is 6.43. The van der Waals surface area contributed by atoms with E-state index in [0.717, 1.165) is 0 Å². The molecule has 0 bridgehead atoms. The third-order valence-electron chi connectivity index (χ3n) is 4.77. The fourth-order valence-electron chi connectivity index (χ4n) is 3.24. The molecule has 0 fully saturated rings. The Bertz CT molecular complexity index is 284. The van der Waals surface area contributed by atoms with Gasteiger partial charge in [-0.05, 0) is 49.5 Å². The van der Waals surface area contributed by atoms with Crippen molar-refractivity contribution in [3.63, 3.8) is 0 Å². The molecule has 0 heterocycles. The summed E-state index contributed by atoms with van der Waals surface area (Å²) in [4.78, 5) is 0. The maximum Gasteiger partial charge on any atom is -0.0113 e. The fourth-order valence-corrected chi connectivity index (χ4v) is 3.24. The summed E-state index contributed by atoms with van der Waals surface area (Å²) in [5.74, 6) is 0. The van der Waals surface area contributed by atoms with Crippen LogP contribution in [-0.2, 0) is 0 Å². The topological polar surface area (TPSA) is 0 Å². The van der Waals surface area contributed by atoms with Crippen molar-refractivity contribution < 1.29 is 0 Å². The normalized spacial score (nSPS) is 15.7. The molecule has 0 aromatic heterocycles. The summed E-state index contributed by atoms with van der Waals surface area (Å²) >= 11 is 0. The van der Waals surface area contributed by atoms with Crippen LogP contribution in [0.15, 0.2) is 23.8 Å². The summed E-state index contributed by atoms with van der Waals surface area (Å²) in [5.41, 5.74) is 3.67. The van der Waals surface area contributed by atoms with Crippen molar-refractivity contribution in [3.05, 3.63) is 23.8 Å². The van der Waals surface area contributed by atoms with Gasteiger partial charge in [-0.1, -0.05) is 78.5 Å². The highest BCUT2D eigenvalue weighted by Crippen LogP contribution is 2.41. The molecule has 0 aliphatic heterocycles. The predicted molar refractivity (Wildman–Crippen MR) is 94.2 cm³/mol. The number of hydrogen-bond acceptors (Lipinski definition) is 0. The maximum absolute atomic E-state index is 4.12. The summed E-state index contributed by atoms with van der Waals surface area (Å²) < 4.78 is 0. The average Bonchev–Trinajstić information content (AvgIpc) is 2.46. The van der Waals surface area contributed by atoms with Crippen LogP contribution in [0.2, 0.25) is 0 Å². The van der Waals surface area contributed by atoms with Gasteiger partial charge in [0, 0.05) is 0 Å². The van der Waals surface area contributed by atoms with E-state index in [2.05, 4.69) is 47.3 Å². The molecular weight excluding hydrogens is 240 g/mol. The van der Waals surface area contributed by atoms with Crippen LogP contribution in [0.25, 0.3) is 0 Å². The predicted octanol–water partition coefficient (Wildman–Crippen LogP) is 7.46. The molecule has 0 aliphatic rings. The van der Waals surface area contributed by atoms with Crippen molar-refractivity contribution in [2.45, 2.75) is 98.8 Å². The van der Waals surface area contributed by atoms with Gasteiger partial charge in [0.2, 0.25) is 0 Å². The summed E-state index contributed by atoms with van der Waals surface area (Å²) in [6, 6.07) is 0. The minimum atomic E-state index is 0.389. The Morgan fingerprint density at radius 2 is 1.55 bits per heavy atom. The molecular formula is C20H38. The second kappa shape index (κ2) is 11.2. The first-order valence-corrected chi connectivity index (χ1v) is 8.94. The lowest BCUT2D eigenvalue weighted by molar-refractivity contribution is 0.330. The molecule has 0 aromatic carbocycles. The van der Waals surface area contributed by atoms with Crippen LogP contribution in [-0.4, -0.2) is 0 Å². The van der Waals surface area contributed by atoms with Crippen LogP contribution >= 0.6 is 0 Å². The summed E-state index contributed by atoms with van der Waals surface area (Å²) in [7, 11) is 0. The van der Waals surface area contributed by atoms with Crippen LogP contribution in [0.4, 0.5) is 0 Å². The highest BCUT2D eigenvalue weighted by Gasteiger charge is 2.27. The zero-order valence-electron chi connectivity index (χ0n) is 14.9. The van der Waals surface area contributed by atoms with Crippen LogP contribution in [0.3, 0.4) is 0 Å². The third kappa shape index (κ3) is 6.29. The van der Waals surface area contributed by atoms with Gasteiger partial charge in [-0.2, -0.15) is 0 Å². The lowest BCUT2D eigenvalue weighted by atomic mass is 9.71. The molecule has 0 nitrogen and oxygen atoms in total. The van der Waals surface area contributed by atoms with Gasteiger partial charge in [-0.15, -0.1) is 0 Å². The van der Waals surface area contributed by atoms with Crippen LogP contribution in [0.1, 0.15) is 98.8 Å². The molecule has 20 heavy (non-hydrogen) atoms. The molecule has 0 saturated carbocycles. The molecule has 0 aromatic rings. The van der Waals surface area contributed by atoms with Gasteiger partial charge in [-0.25, -0.2) is 0 Å². The number of unbranched alkanes of at least 4 members (excludes halogenated alkanes) is 3. The van der Waals surface area contributed by atoms with Gasteiger partial charge in [0.05, 0.1) is 0 Å². The Kier molecular flexibility index (Phi) is 10.9. The summed E-state index contributed by atoms with van der Waals surface area (Å²) in [5, 5.41) is 0. The van der Waals surface area contributed by atoms with Crippen molar-refractivity contribution in [2.24, 2.45) is 5.41 Å². The van der Waals surface area contributed by atoms with Gasteiger partial charge in [0.15, 0.2) is 0 Å². The largest absolute Gasteiger partial charge is 0.0988 e. The van der Waals surface area contributed by atoms with Crippen molar-refractivity contribution >= 4 is 0 Å².